The van der Waals surface area contributed by atoms with Crippen molar-refractivity contribution in [3.63, 3.8) is 0 Å². The molecule has 2 aromatic carbocycles. The average Bonchev–Trinajstić information content (AvgIpc) is 3.29. The third-order valence-electron chi connectivity index (χ3n) is 5.59. The molecular weight excluding hydrogens is 444 g/mol. The zero-order chi connectivity index (χ0) is 23.6. The zero-order valence-electron chi connectivity index (χ0n) is 18.7. The average molecular weight is 471 g/mol. The minimum Gasteiger partial charge on any atom is -0.495 e. The van der Waals surface area contributed by atoms with Crippen LogP contribution in [0.5, 0.6) is 5.75 Å². The number of hydrogen-bond acceptors (Lipinski definition) is 7. The number of anilines is 1. The molecule has 1 aliphatic heterocycles. The van der Waals surface area contributed by atoms with Crippen molar-refractivity contribution >= 4 is 21.6 Å². The molecule has 3 aromatic rings. The number of amides is 1. The van der Waals surface area contributed by atoms with E-state index in [2.05, 4.69) is 15.5 Å². The van der Waals surface area contributed by atoms with Gasteiger partial charge in [-0.25, -0.2) is 8.42 Å². The highest BCUT2D eigenvalue weighted by atomic mass is 32.2. The van der Waals surface area contributed by atoms with E-state index in [4.69, 9.17) is 9.15 Å². The number of methoxy groups -OCH3 is 1. The fourth-order valence-corrected chi connectivity index (χ4v) is 5.41. The second-order valence-electron chi connectivity index (χ2n) is 8.06. The topological polar surface area (TPSA) is 115 Å². The third kappa shape index (κ3) is 4.91. The molecule has 1 atom stereocenters. The molecule has 0 saturated carbocycles. The summed E-state index contributed by atoms with van der Waals surface area (Å²) in [5, 5.41) is 11.0. The van der Waals surface area contributed by atoms with Gasteiger partial charge in [0.05, 0.1) is 23.6 Å². The van der Waals surface area contributed by atoms with E-state index in [1.54, 1.807) is 0 Å². The van der Waals surface area contributed by atoms with E-state index in [9.17, 15) is 13.2 Å². The number of rotatable bonds is 6. The number of carbonyl (C=O) groups excluding carboxylic acids is 1. The molecule has 0 unspecified atom stereocenters. The second-order valence-corrected chi connectivity index (χ2v) is 9.99. The molecule has 1 fully saturated rings. The van der Waals surface area contributed by atoms with Gasteiger partial charge in [-0.2, -0.15) is 4.31 Å². The van der Waals surface area contributed by atoms with Crippen molar-refractivity contribution in [1.82, 2.24) is 14.5 Å². The number of aromatic nitrogens is 2. The second kappa shape index (κ2) is 9.32. The third-order valence-corrected chi connectivity index (χ3v) is 7.45. The molecule has 10 heteroatoms. The summed E-state index contributed by atoms with van der Waals surface area (Å²) in [6.45, 7) is 3.98. The Kier molecular flexibility index (Phi) is 6.48. The molecule has 1 N–H and O–H groups in total. The largest absolute Gasteiger partial charge is 0.495 e. The van der Waals surface area contributed by atoms with Crippen molar-refractivity contribution in [3.05, 3.63) is 53.9 Å². The number of benzene rings is 2. The standard InChI is InChI=1S/C23H26N4O5S/c1-15-6-8-17(9-7-15)22-25-26-23(32-22)18-5-4-12-27(14-18)33(29,30)19-10-11-21(31-3)20(13-19)24-16(2)28/h6-11,13,18H,4-5,12,14H2,1-3H3,(H,24,28)/t18-/m0/s1. The minimum atomic E-state index is -3.80. The van der Waals surface area contributed by atoms with Crippen LogP contribution in [0.1, 0.15) is 37.1 Å². The van der Waals surface area contributed by atoms with Crippen molar-refractivity contribution in [2.24, 2.45) is 0 Å². The van der Waals surface area contributed by atoms with Gasteiger partial charge < -0.3 is 14.5 Å². The first-order valence-corrected chi connectivity index (χ1v) is 12.1. The Balaban J connectivity index is 1.56. The zero-order valence-corrected chi connectivity index (χ0v) is 19.6. The van der Waals surface area contributed by atoms with E-state index in [1.165, 1.54) is 36.5 Å². The Morgan fingerprint density at radius 3 is 2.64 bits per heavy atom. The maximum atomic E-state index is 13.4. The summed E-state index contributed by atoms with van der Waals surface area (Å²) < 4.78 is 39.3. The fraction of sp³-hybridized carbons (Fsp3) is 0.348. The Labute approximate surface area is 192 Å². The molecule has 174 valence electrons. The molecule has 1 saturated heterocycles. The summed E-state index contributed by atoms with van der Waals surface area (Å²) in [5.41, 5.74) is 2.26. The summed E-state index contributed by atoms with van der Waals surface area (Å²) in [7, 11) is -2.34. The summed E-state index contributed by atoms with van der Waals surface area (Å²) in [6.07, 6.45) is 1.42. The van der Waals surface area contributed by atoms with Gasteiger partial charge in [0.1, 0.15) is 5.75 Å². The molecule has 0 radical (unpaired) electrons. The van der Waals surface area contributed by atoms with Gasteiger partial charge in [0.15, 0.2) is 0 Å². The number of hydrogen-bond donors (Lipinski definition) is 1. The van der Waals surface area contributed by atoms with Gasteiger partial charge in [-0.05, 0) is 50.1 Å². The quantitative estimate of drug-likeness (QED) is 0.585. The first-order valence-electron chi connectivity index (χ1n) is 10.6. The number of nitrogens with zero attached hydrogens (tertiary/aromatic N) is 3. The first-order chi connectivity index (χ1) is 15.8. The van der Waals surface area contributed by atoms with Crippen LogP contribution < -0.4 is 10.1 Å². The molecular formula is C23H26N4O5S. The lowest BCUT2D eigenvalue weighted by molar-refractivity contribution is -0.114. The van der Waals surface area contributed by atoms with E-state index in [-0.39, 0.29) is 23.3 Å². The lowest BCUT2D eigenvalue weighted by Gasteiger charge is -2.30. The molecule has 2 heterocycles. The van der Waals surface area contributed by atoms with Crippen molar-refractivity contribution in [3.8, 4) is 17.2 Å². The van der Waals surface area contributed by atoms with Crippen LogP contribution in [0, 0.1) is 6.92 Å². The van der Waals surface area contributed by atoms with Crippen LogP contribution in [0.2, 0.25) is 0 Å². The fourth-order valence-electron chi connectivity index (χ4n) is 3.86. The van der Waals surface area contributed by atoms with Crippen molar-refractivity contribution in [2.45, 2.75) is 37.5 Å². The van der Waals surface area contributed by atoms with Gasteiger partial charge in [0, 0.05) is 25.6 Å². The molecule has 0 aliphatic carbocycles. The number of piperidine rings is 1. The highest BCUT2D eigenvalue weighted by molar-refractivity contribution is 7.89. The van der Waals surface area contributed by atoms with Crippen LogP contribution in [-0.2, 0) is 14.8 Å². The molecule has 33 heavy (non-hydrogen) atoms. The van der Waals surface area contributed by atoms with Gasteiger partial charge in [-0.3, -0.25) is 4.79 Å². The monoisotopic (exact) mass is 470 g/mol. The normalized spacial score (nSPS) is 17.0. The highest BCUT2D eigenvalue weighted by Gasteiger charge is 2.33. The lowest BCUT2D eigenvalue weighted by Crippen LogP contribution is -2.39. The van der Waals surface area contributed by atoms with Gasteiger partial charge in [0.25, 0.3) is 0 Å². The maximum absolute atomic E-state index is 13.4. The number of ether oxygens (including phenoxy) is 1. The molecule has 0 spiro atoms. The Morgan fingerprint density at radius 2 is 1.94 bits per heavy atom. The molecule has 1 amide bonds. The molecule has 1 aliphatic rings. The summed E-state index contributed by atoms with van der Waals surface area (Å²) in [6, 6.07) is 12.2. The summed E-state index contributed by atoms with van der Waals surface area (Å²) in [5.74, 6) is 0.712. The lowest BCUT2D eigenvalue weighted by atomic mass is 10.00. The highest BCUT2D eigenvalue weighted by Crippen LogP contribution is 2.33. The van der Waals surface area contributed by atoms with Crippen LogP contribution in [0.3, 0.4) is 0 Å². The van der Waals surface area contributed by atoms with Crippen LogP contribution in [0.15, 0.2) is 51.8 Å². The van der Waals surface area contributed by atoms with Crippen LogP contribution in [0.4, 0.5) is 5.69 Å². The van der Waals surface area contributed by atoms with Gasteiger partial charge >= 0.3 is 0 Å². The van der Waals surface area contributed by atoms with Crippen LogP contribution in [0.25, 0.3) is 11.5 Å². The number of nitrogens with one attached hydrogen (secondary N) is 1. The maximum Gasteiger partial charge on any atom is 0.247 e. The van der Waals surface area contributed by atoms with Crippen molar-refractivity contribution < 1.29 is 22.4 Å². The molecule has 0 bridgehead atoms. The van der Waals surface area contributed by atoms with Crippen LogP contribution >= 0.6 is 0 Å². The minimum absolute atomic E-state index is 0.0820. The predicted octanol–water partition coefficient (Wildman–Crippen LogP) is 3.58. The van der Waals surface area contributed by atoms with E-state index < -0.39 is 10.0 Å². The summed E-state index contributed by atoms with van der Waals surface area (Å²) >= 11 is 0. The van der Waals surface area contributed by atoms with Gasteiger partial charge in [-0.1, -0.05) is 17.7 Å². The Bertz CT molecular complexity index is 1250. The van der Waals surface area contributed by atoms with E-state index in [0.29, 0.717) is 36.2 Å². The molecule has 4 rings (SSSR count). The SMILES string of the molecule is COc1ccc(S(=O)(=O)N2CCC[C@H](c3nnc(-c4ccc(C)cc4)o3)C2)cc1NC(C)=O. The Hall–Kier alpha value is -3.24. The van der Waals surface area contributed by atoms with Crippen molar-refractivity contribution in [1.29, 1.82) is 0 Å². The Morgan fingerprint density at radius 1 is 1.18 bits per heavy atom. The van der Waals surface area contributed by atoms with E-state index >= 15 is 0 Å². The number of aryl methyl sites for hydroxylation is 1. The molecule has 9 nitrogen and oxygen atoms in total. The summed E-state index contributed by atoms with van der Waals surface area (Å²) in [4.78, 5) is 11.6. The number of sulfonamides is 1. The van der Waals surface area contributed by atoms with Gasteiger partial charge in [0.2, 0.25) is 27.7 Å². The number of carbonyl (C=O) groups is 1. The van der Waals surface area contributed by atoms with E-state index in [0.717, 1.165) is 17.5 Å². The van der Waals surface area contributed by atoms with Crippen molar-refractivity contribution in [2.75, 3.05) is 25.5 Å². The van der Waals surface area contributed by atoms with E-state index in [1.807, 2.05) is 31.2 Å². The predicted molar refractivity (Wildman–Crippen MR) is 123 cm³/mol. The van der Waals surface area contributed by atoms with Crippen LogP contribution in [-0.4, -0.2) is 49.0 Å². The molecule has 1 aromatic heterocycles. The smallest absolute Gasteiger partial charge is 0.247 e. The first kappa shape index (κ1) is 22.9. The van der Waals surface area contributed by atoms with Gasteiger partial charge in [-0.15, -0.1) is 10.2 Å².